The minimum Gasteiger partial charge on any atom is -0.332 e. The summed E-state index contributed by atoms with van der Waals surface area (Å²) in [4.78, 5) is 15.7. The van der Waals surface area contributed by atoms with Crippen molar-refractivity contribution in [2.24, 2.45) is 0 Å². The minimum absolute atomic E-state index is 0.0780. The van der Waals surface area contributed by atoms with Gasteiger partial charge in [0.1, 0.15) is 0 Å². The van der Waals surface area contributed by atoms with Gasteiger partial charge in [-0.1, -0.05) is 26.2 Å². The summed E-state index contributed by atoms with van der Waals surface area (Å²) < 4.78 is 2.11. The normalized spacial score (nSPS) is 15.1. The predicted molar refractivity (Wildman–Crippen MR) is 92.2 cm³/mol. The standard InChI is InChI=1S/C17H31N5O/c1-4-5-6-7-9-21-10-8-11-22-16(14-21)12-15(19-22)13-18-17(23)20(2)3/h12H,4-11,13-14H2,1-3H3,(H,18,23). The predicted octanol–water partition coefficient (Wildman–Crippen LogP) is 2.44. The maximum absolute atomic E-state index is 11.6. The first-order valence-electron chi connectivity index (χ1n) is 8.83. The van der Waals surface area contributed by atoms with Crippen molar-refractivity contribution in [3.8, 4) is 0 Å². The largest absolute Gasteiger partial charge is 0.332 e. The van der Waals surface area contributed by atoms with Crippen LogP contribution in [0.2, 0.25) is 0 Å². The molecule has 1 aromatic rings. The molecule has 23 heavy (non-hydrogen) atoms. The Bertz CT molecular complexity index is 497. The van der Waals surface area contributed by atoms with E-state index in [-0.39, 0.29) is 6.03 Å². The molecule has 0 bridgehead atoms. The molecule has 2 amide bonds. The topological polar surface area (TPSA) is 53.4 Å². The first kappa shape index (κ1) is 17.8. The van der Waals surface area contributed by atoms with Crippen LogP contribution < -0.4 is 5.32 Å². The van der Waals surface area contributed by atoms with E-state index in [9.17, 15) is 4.79 Å². The van der Waals surface area contributed by atoms with Gasteiger partial charge in [-0.3, -0.25) is 9.58 Å². The lowest BCUT2D eigenvalue weighted by molar-refractivity contribution is 0.217. The van der Waals surface area contributed by atoms with Gasteiger partial charge in [0, 0.05) is 33.7 Å². The summed E-state index contributed by atoms with van der Waals surface area (Å²) in [6, 6.07) is 2.06. The molecule has 6 heteroatoms. The Morgan fingerprint density at radius 1 is 1.30 bits per heavy atom. The van der Waals surface area contributed by atoms with E-state index >= 15 is 0 Å². The summed E-state index contributed by atoms with van der Waals surface area (Å²) in [7, 11) is 3.49. The number of hydrogen-bond donors (Lipinski definition) is 1. The highest BCUT2D eigenvalue weighted by Crippen LogP contribution is 2.15. The number of aromatic nitrogens is 2. The summed E-state index contributed by atoms with van der Waals surface area (Å²) in [6.07, 6.45) is 6.38. The number of hydrogen-bond acceptors (Lipinski definition) is 3. The molecular formula is C17H31N5O. The molecule has 0 aromatic carbocycles. The van der Waals surface area contributed by atoms with E-state index in [4.69, 9.17) is 0 Å². The maximum atomic E-state index is 11.6. The molecule has 0 radical (unpaired) electrons. The SMILES string of the molecule is CCCCCCN1CCCn2nc(CNC(=O)N(C)C)cc2C1. The zero-order valence-corrected chi connectivity index (χ0v) is 14.8. The van der Waals surface area contributed by atoms with Crippen LogP contribution in [0.1, 0.15) is 50.4 Å². The number of carbonyl (C=O) groups is 1. The molecule has 1 aromatic heterocycles. The summed E-state index contributed by atoms with van der Waals surface area (Å²) in [6.45, 7) is 7.03. The van der Waals surface area contributed by atoms with Gasteiger partial charge in [-0.25, -0.2) is 4.79 Å². The van der Waals surface area contributed by atoms with Crippen molar-refractivity contribution in [1.29, 1.82) is 0 Å². The van der Waals surface area contributed by atoms with E-state index in [0.717, 1.165) is 31.7 Å². The van der Waals surface area contributed by atoms with Crippen LogP contribution in [0.3, 0.4) is 0 Å². The third kappa shape index (κ3) is 5.53. The molecule has 0 saturated carbocycles. The summed E-state index contributed by atoms with van der Waals surface area (Å²) in [5, 5.41) is 7.52. The lowest BCUT2D eigenvalue weighted by Crippen LogP contribution is -2.34. The molecule has 6 nitrogen and oxygen atoms in total. The lowest BCUT2D eigenvalue weighted by Gasteiger charge is -2.19. The molecule has 0 atom stereocenters. The zero-order valence-electron chi connectivity index (χ0n) is 14.8. The second kappa shape index (κ2) is 8.91. The van der Waals surface area contributed by atoms with Crippen molar-refractivity contribution < 1.29 is 4.79 Å². The summed E-state index contributed by atoms with van der Waals surface area (Å²) in [5.74, 6) is 0. The van der Waals surface area contributed by atoms with Gasteiger partial charge in [0.05, 0.1) is 17.9 Å². The van der Waals surface area contributed by atoms with Crippen LogP contribution in [-0.4, -0.2) is 52.8 Å². The Kier molecular flexibility index (Phi) is 6.89. The Morgan fingerprint density at radius 2 is 2.13 bits per heavy atom. The fourth-order valence-electron chi connectivity index (χ4n) is 2.95. The van der Waals surface area contributed by atoms with E-state index in [1.807, 2.05) is 0 Å². The Morgan fingerprint density at radius 3 is 2.87 bits per heavy atom. The monoisotopic (exact) mass is 321 g/mol. The van der Waals surface area contributed by atoms with Crippen LogP contribution in [-0.2, 0) is 19.6 Å². The smallest absolute Gasteiger partial charge is 0.317 e. The van der Waals surface area contributed by atoms with Gasteiger partial charge in [-0.05, 0) is 25.5 Å². The summed E-state index contributed by atoms with van der Waals surface area (Å²) in [5.41, 5.74) is 2.22. The van der Waals surface area contributed by atoms with Crippen molar-refractivity contribution in [2.75, 3.05) is 27.2 Å². The highest BCUT2D eigenvalue weighted by molar-refractivity contribution is 5.73. The van der Waals surface area contributed by atoms with E-state index in [0.29, 0.717) is 6.54 Å². The lowest BCUT2D eigenvalue weighted by atomic mass is 10.2. The van der Waals surface area contributed by atoms with Crippen LogP contribution in [0.15, 0.2) is 6.07 Å². The Labute approximate surface area is 139 Å². The van der Waals surface area contributed by atoms with E-state index in [1.165, 1.54) is 37.9 Å². The highest BCUT2D eigenvalue weighted by Gasteiger charge is 2.16. The molecule has 1 aliphatic heterocycles. The van der Waals surface area contributed by atoms with E-state index in [2.05, 4.69) is 33.0 Å². The number of fused-ring (bicyclic) bond motifs is 1. The van der Waals surface area contributed by atoms with Crippen LogP contribution in [0, 0.1) is 0 Å². The number of unbranched alkanes of at least 4 members (excludes halogenated alkanes) is 3. The van der Waals surface area contributed by atoms with Crippen LogP contribution in [0.25, 0.3) is 0 Å². The molecule has 0 saturated heterocycles. The van der Waals surface area contributed by atoms with Gasteiger partial charge in [-0.2, -0.15) is 5.10 Å². The zero-order chi connectivity index (χ0) is 16.7. The van der Waals surface area contributed by atoms with Gasteiger partial charge in [0.2, 0.25) is 0 Å². The van der Waals surface area contributed by atoms with Gasteiger partial charge < -0.3 is 10.2 Å². The average Bonchev–Trinajstić information content (AvgIpc) is 2.81. The van der Waals surface area contributed by atoms with Gasteiger partial charge in [-0.15, -0.1) is 0 Å². The number of amides is 2. The van der Waals surface area contributed by atoms with E-state index < -0.39 is 0 Å². The fraction of sp³-hybridized carbons (Fsp3) is 0.765. The van der Waals surface area contributed by atoms with Crippen molar-refractivity contribution >= 4 is 6.03 Å². The number of aryl methyl sites for hydroxylation is 1. The van der Waals surface area contributed by atoms with Crippen molar-refractivity contribution in [1.82, 2.24) is 24.9 Å². The summed E-state index contributed by atoms with van der Waals surface area (Å²) >= 11 is 0. The molecule has 0 aliphatic carbocycles. The maximum Gasteiger partial charge on any atom is 0.317 e. The van der Waals surface area contributed by atoms with Gasteiger partial charge in [0.15, 0.2) is 0 Å². The number of carbonyl (C=O) groups excluding carboxylic acids is 1. The van der Waals surface area contributed by atoms with Crippen LogP contribution in [0.5, 0.6) is 0 Å². The first-order valence-corrected chi connectivity index (χ1v) is 8.83. The molecule has 1 aliphatic rings. The fourth-order valence-corrected chi connectivity index (χ4v) is 2.95. The van der Waals surface area contributed by atoms with Crippen molar-refractivity contribution in [2.45, 2.75) is 58.7 Å². The second-order valence-corrected chi connectivity index (χ2v) is 6.59. The molecule has 2 rings (SSSR count). The molecular weight excluding hydrogens is 290 g/mol. The van der Waals surface area contributed by atoms with E-state index in [1.54, 1.807) is 19.0 Å². The number of urea groups is 1. The number of nitrogens with one attached hydrogen (secondary N) is 1. The molecule has 0 spiro atoms. The van der Waals surface area contributed by atoms with Crippen molar-refractivity contribution in [3.63, 3.8) is 0 Å². The minimum atomic E-state index is -0.0780. The molecule has 2 heterocycles. The molecule has 0 fully saturated rings. The number of nitrogens with zero attached hydrogens (tertiary/aromatic N) is 4. The van der Waals surface area contributed by atoms with Gasteiger partial charge in [0.25, 0.3) is 0 Å². The molecule has 130 valence electrons. The first-order chi connectivity index (χ1) is 11.1. The highest BCUT2D eigenvalue weighted by atomic mass is 16.2. The molecule has 0 unspecified atom stereocenters. The number of rotatable bonds is 7. The second-order valence-electron chi connectivity index (χ2n) is 6.59. The van der Waals surface area contributed by atoms with Crippen molar-refractivity contribution in [3.05, 3.63) is 17.5 Å². The van der Waals surface area contributed by atoms with Crippen LogP contribution in [0.4, 0.5) is 4.79 Å². The third-order valence-electron chi connectivity index (χ3n) is 4.30. The third-order valence-corrected chi connectivity index (χ3v) is 4.30. The average molecular weight is 321 g/mol. The molecule has 1 N–H and O–H groups in total. The van der Waals surface area contributed by atoms with Gasteiger partial charge >= 0.3 is 6.03 Å². The van der Waals surface area contributed by atoms with Crippen LogP contribution >= 0.6 is 0 Å². The Balaban J connectivity index is 1.87. The Hall–Kier alpha value is -1.56. The quantitative estimate of drug-likeness (QED) is 0.785.